The fraction of sp³-hybridized carbons (Fsp3) is 0.333. The molecule has 1 atom stereocenters. The molecule has 0 fully saturated rings. The molecule has 0 amide bonds. The average molecular weight is 262 g/mol. The van der Waals surface area contributed by atoms with Gasteiger partial charge in [-0.3, -0.25) is 0 Å². The number of benzene rings is 1. The Balaban J connectivity index is 3.40. The third kappa shape index (κ3) is 1.84. The van der Waals surface area contributed by atoms with Gasteiger partial charge in [-0.2, -0.15) is 0 Å². The molecule has 0 saturated carbocycles. The molecular weight excluding hydrogens is 250 g/mol. The van der Waals surface area contributed by atoms with Crippen LogP contribution < -0.4 is 5.73 Å². The predicted octanol–water partition coefficient (Wildman–Crippen LogP) is 1.03. The molecule has 78 valence electrons. The Labute approximate surface area is 90.1 Å². The lowest BCUT2D eigenvalue weighted by Crippen LogP contribution is -2.37. The van der Waals surface area contributed by atoms with Crippen LogP contribution in [-0.2, 0) is 5.54 Å². The van der Waals surface area contributed by atoms with E-state index in [-0.39, 0.29) is 18.1 Å². The molecule has 5 heteroatoms. The summed E-state index contributed by atoms with van der Waals surface area (Å²) in [5, 5.41) is 28.0. The van der Waals surface area contributed by atoms with Gasteiger partial charge in [0.05, 0.1) is 16.6 Å². The number of aliphatic hydroxyl groups is 1. The van der Waals surface area contributed by atoms with Crippen LogP contribution in [0.15, 0.2) is 16.6 Å². The molecule has 0 aliphatic rings. The number of hydrogen-bond acceptors (Lipinski definition) is 4. The van der Waals surface area contributed by atoms with E-state index in [2.05, 4.69) is 15.9 Å². The molecule has 0 aliphatic carbocycles. The lowest BCUT2D eigenvalue weighted by atomic mass is 9.93. The van der Waals surface area contributed by atoms with Gasteiger partial charge in [-0.1, -0.05) is 0 Å². The van der Waals surface area contributed by atoms with Gasteiger partial charge in [0.15, 0.2) is 0 Å². The number of halogens is 1. The van der Waals surface area contributed by atoms with Crippen LogP contribution in [0.2, 0.25) is 0 Å². The highest BCUT2D eigenvalue weighted by atomic mass is 79.9. The Bertz CT molecular complexity index is 352. The van der Waals surface area contributed by atoms with Crippen molar-refractivity contribution < 1.29 is 15.3 Å². The van der Waals surface area contributed by atoms with Crippen LogP contribution in [0.4, 0.5) is 0 Å². The Hall–Kier alpha value is -0.780. The monoisotopic (exact) mass is 261 g/mol. The standard InChI is InChI=1S/C9H12BrNO3/c1-9(11,4-12)7-5(13)2-3-6(14)8(7)10/h2-3,12-14H,4,11H2,1H3. The number of aliphatic hydroxyl groups excluding tert-OH is 1. The largest absolute Gasteiger partial charge is 0.508 e. The molecule has 0 radical (unpaired) electrons. The fourth-order valence-electron chi connectivity index (χ4n) is 1.18. The SMILES string of the molecule is CC(N)(CO)c1c(O)ccc(O)c1Br. The third-order valence-electron chi connectivity index (χ3n) is 2.00. The van der Waals surface area contributed by atoms with Crippen LogP contribution in [0.1, 0.15) is 12.5 Å². The van der Waals surface area contributed by atoms with Gasteiger partial charge in [0.1, 0.15) is 11.5 Å². The van der Waals surface area contributed by atoms with Crippen molar-refractivity contribution in [1.82, 2.24) is 0 Å². The number of nitrogens with two attached hydrogens (primary N) is 1. The number of rotatable bonds is 2. The molecule has 0 heterocycles. The molecule has 1 unspecified atom stereocenters. The smallest absolute Gasteiger partial charge is 0.130 e. The first kappa shape index (κ1) is 11.3. The highest BCUT2D eigenvalue weighted by molar-refractivity contribution is 9.10. The summed E-state index contributed by atoms with van der Waals surface area (Å²) in [5.74, 6) is -0.0864. The van der Waals surface area contributed by atoms with Crippen molar-refractivity contribution in [3.8, 4) is 11.5 Å². The van der Waals surface area contributed by atoms with Gasteiger partial charge in [-0.15, -0.1) is 0 Å². The minimum absolute atomic E-state index is 0.0251. The predicted molar refractivity (Wildman–Crippen MR) is 56.1 cm³/mol. The number of phenolic OH excluding ortho intramolecular Hbond substituents is 2. The Morgan fingerprint density at radius 2 is 1.86 bits per heavy atom. The van der Waals surface area contributed by atoms with E-state index in [1.165, 1.54) is 12.1 Å². The molecule has 0 spiro atoms. The van der Waals surface area contributed by atoms with Crippen LogP contribution in [0, 0.1) is 0 Å². The van der Waals surface area contributed by atoms with Gasteiger partial charge < -0.3 is 21.1 Å². The average Bonchev–Trinajstić information content (AvgIpc) is 2.12. The zero-order chi connectivity index (χ0) is 10.9. The van der Waals surface area contributed by atoms with Gasteiger partial charge in [0.25, 0.3) is 0 Å². The van der Waals surface area contributed by atoms with Gasteiger partial charge in [-0.25, -0.2) is 0 Å². The van der Waals surface area contributed by atoms with E-state index >= 15 is 0 Å². The van der Waals surface area contributed by atoms with Crippen molar-refractivity contribution in [2.45, 2.75) is 12.5 Å². The summed E-state index contributed by atoms with van der Waals surface area (Å²) in [6.45, 7) is 1.23. The maximum absolute atomic E-state index is 9.55. The molecule has 1 aromatic rings. The Morgan fingerprint density at radius 3 is 2.36 bits per heavy atom. The van der Waals surface area contributed by atoms with Crippen LogP contribution in [-0.4, -0.2) is 21.9 Å². The summed E-state index contributed by atoms with van der Waals surface area (Å²) in [4.78, 5) is 0. The van der Waals surface area contributed by atoms with E-state index in [0.29, 0.717) is 10.0 Å². The van der Waals surface area contributed by atoms with E-state index < -0.39 is 5.54 Å². The molecule has 1 rings (SSSR count). The van der Waals surface area contributed by atoms with Gasteiger partial charge in [-0.05, 0) is 35.0 Å². The topological polar surface area (TPSA) is 86.7 Å². The van der Waals surface area contributed by atoms with Gasteiger partial charge >= 0.3 is 0 Å². The molecule has 0 bridgehead atoms. The summed E-state index contributed by atoms with van der Waals surface area (Å²) in [6, 6.07) is 2.67. The Kier molecular flexibility index (Phi) is 3.04. The van der Waals surface area contributed by atoms with Gasteiger partial charge in [0.2, 0.25) is 0 Å². The van der Waals surface area contributed by atoms with Crippen LogP contribution in [0.25, 0.3) is 0 Å². The summed E-state index contributed by atoms with van der Waals surface area (Å²) in [7, 11) is 0. The van der Waals surface area contributed by atoms with E-state index in [0.717, 1.165) is 0 Å². The number of hydrogen-bond donors (Lipinski definition) is 4. The first-order valence-electron chi connectivity index (χ1n) is 4.01. The highest BCUT2D eigenvalue weighted by Gasteiger charge is 2.27. The molecule has 1 aromatic carbocycles. The van der Waals surface area contributed by atoms with Crippen molar-refractivity contribution >= 4 is 15.9 Å². The van der Waals surface area contributed by atoms with E-state index in [1.807, 2.05) is 0 Å². The maximum atomic E-state index is 9.55. The van der Waals surface area contributed by atoms with E-state index in [4.69, 9.17) is 10.8 Å². The molecule has 14 heavy (non-hydrogen) atoms. The minimum Gasteiger partial charge on any atom is -0.508 e. The van der Waals surface area contributed by atoms with Crippen molar-refractivity contribution in [1.29, 1.82) is 0 Å². The van der Waals surface area contributed by atoms with E-state index in [9.17, 15) is 10.2 Å². The molecule has 0 saturated heterocycles. The van der Waals surface area contributed by atoms with Crippen LogP contribution >= 0.6 is 15.9 Å². The van der Waals surface area contributed by atoms with Crippen LogP contribution in [0.5, 0.6) is 11.5 Å². The van der Waals surface area contributed by atoms with Crippen molar-refractivity contribution in [3.63, 3.8) is 0 Å². The Morgan fingerprint density at radius 1 is 1.36 bits per heavy atom. The molecule has 5 N–H and O–H groups in total. The first-order valence-corrected chi connectivity index (χ1v) is 4.80. The second-order valence-corrected chi connectivity index (χ2v) is 4.16. The van der Waals surface area contributed by atoms with Crippen molar-refractivity contribution in [2.24, 2.45) is 5.73 Å². The zero-order valence-corrected chi connectivity index (χ0v) is 9.24. The van der Waals surface area contributed by atoms with E-state index in [1.54, 1.807) is 6.92 Å². The highest BCUT2D eigenvalue weighted by Crippen LogP contribution is 2.39. The van der Waals surface area contributed by atoms with Crippen LogP contribution in [0.3, 0.4) is 0 Å². The first-order chi connectivity index (χ1) is 6.40. The number of phenols is 2. The van der Waals surface area contributed by atoms with Gasteiger partial charge in [0, 0.05) is 5.56 Å². The lowest BCUT2D eigenvalue weighted by molar-refractivity contribution is 0.206. The summed E-state index contributed by atoms with van der Waals surface area (Å²) < 4.78 is 0.302. The normalized spacial score (nSPS) is 15.1. The zero-order valence-electron chi connectivity index (χ0n) is 7.66. The maximum Gasteiger partial charge on any atom is 0.130 e. The molecule has 0 aliphatic heterocycles. The fourth-order valence-corrected chi connectivity index (χ4v) is 1.97. The number of aromatic hydroxyl groups is 2. The summed E-state index contributed by atoms with van der Waals surface area (Å²) in [5.41, 5.74) is 4.95. The van der Waals surface area contributed by atoms with Crippen molar-refractivity contribution in [2.75, 3.05) is 6.61 Å². The molecule has 0 aromatic heterocycles. The third-order valence-corrected chi connectivity index (χ3v) is 2.80. The molecule has 4 nitrogen and oxygen atoms in total. The molecular formula is C9H12BrNO3. The summed E-state index contributed by atoms with van der Waals surface area (Å²) >= 11 is 3.11. The lowest BCUT2D eigenvalue weighted by Gasteiger charge is -2.24. The summed E-state index contributed by atoms with van der Waals surface area (Å²) in [6.07, 6.45) is 0. The quantitative estimate of drug-likeness (QED) is 0.599. The second-order valence-electron chi connectivity index (χ2n) is 3.37. The second kappa shape index (κ2) is 3.76. The van der Waals surface area contributed by atoms with Crippen molar-refractivity contribution in [3.05, 3.63) is 22.2 Å². The minimum atomic E-state index is -1.10.